The predicted octanol–water partition coefficient (Wildman–Crippen LogP) is 2.93. The smallest absolute Gasteiger partial charge is 0.0453 e. The summed E-state index contributed by atoms with van der Waals surface area (Å²) in [6.45, 7) is 6.48. The van der Waals surface area contributed by atoms with Crippen molar-refractivity contribution >= 4 is 12.2 Å². The van der Waals surface area contributed by atoms with Crippen molar-refractivity contribution in [2.45, 2.75) is 26.3 Å². The van der Waals surface area contributed by atoms with Crippen molar-refractivity contribution in [2.24, 2.45) is 5.73 Å². The van der Waals surface area contributed by atoms with Gasteiger partial charge in [-0.1, -0.05) is 32.1 Å². The lowest BCUT2D eigenvalue weighted by Gasteiger charge is -1.91. The highest BCUT2D eigenvalue weighted by Crippen LogP contribution is 2.14. The summed E-state index contributed by atoms with van der Waals surface area (Å²) in [7, 11) is 0. The molecule has 14 heavy (non-hydrogen) atoms. The molecule has 0 unspecified atom stereocenters. The second-order valence-corrected chi connectivity index (χ2v) is 3.26. The molecular formula is C12H18N2. The quantitative estimate of drug-likeness (QED) is 0.736. The Morgan fingerprint density at radius 1 is 1.57 bits per heavy atom. The lowest BCUT2D eigenvalue weighted by atomic mass is 10.2. The van der Waals surface area contributed by atoms with Crippen molar-refractivity contribution in [1.82, 2.24) is 4.98 Å². The number of allylic oxidation sites excluding steroid dienone is 1. The van der Waals surface area contributed by atoms with E-state index in [-0.39, 0.29) is 0 Å². The van der Waals surface area contributed by atoms with Gasteiger partial charge >= 0.3 is 0 Å². The summed E-state index contributed by atoms with van der Waals surface area (Å²) in [5.74, 6) is 0. The van der Waals surface area contributed by atoms with Gasteiger partial charge in [-0.25, -0.2) is 0 Å². The van der Waals surface area contributed by atoms with E-state index in [1.54, 1.807) is 0 Å². The summed E-state index contributed by atoms with van der Waals surface area (Å²) in [6.07, 6.45) is 8.39. The van der Waals surface area contributed by atoms with Gasteiger partial charge in [-0.3, -0.25) is 0 Å². The molecule has 1 rings (SSSR count). The molecule has 1 aromatic rings. The molecule has 76 valence electrons. The summed E-state index contributed by atoms with van der Waals surface area (Å²) in [5, 5.41) is 0. The van der Waals surface area contributed by atoms with Crippen molar-refractivity contribution in [3.8, 4) is 0 Å². The van der Waals surface area contributed by atoms with Crippen LogP contribution in [0.4, 0.5) is 0 Å². The molecule has 0 amide bonds. The van der Waals surface area contributed by atoms with E-state index in [9.17, 15) is 0 Å². The average Bonchev–Trinajstić information content (AvgIpc) is 2.61. The zero-order chi connectivity index (χ0) is 10.4. The van der Waals surface area contributed by atoms with Crippen molar-refractivity contribution < 1.29 is 0 Å². The van der Waals surface area contributed by atoms with Gasteiger partial charge in [0.1, 0.15) is 0 Å². The summed E-state index contributed by atoms with van der Waals surface area (Å²) in [4.78, 5) is 3.26. The normalized spacial score (nSPS) is 11.0. The lowest BCUT2D eigenvalue weighted by molar-refractivity contribution is 0.961. The van der Waals surface area contributed by atoms with Gasteiger partial charge < -0.3 is 10.7 Å². The fourth-order valence-electron chi connectivity index (χ4n) is 1.33. The van der Waals surface area contributed by atoms with Crippen LogP contribution in [0.25, 0.3) is 12.2 Å². The molecular weight excluding hydrogens is 172 g/mol. The van der Waals surface area contributed by atoms with Gasteiger partial charge in [0.05, 0.1) is 0 Å². The topological polar surface area (TPSA) is 41.8 Å². The number of hydrogen-bond acceptors (Lipinski definition) is 1. The Hall–Kier alpha value is -1.28. The zero-order valence-corrected chi connectivity index (χ0v) is 8.72. The standard InChI is InChI=1S/C12H18N2/c1-3-5-6-7-12-10(4-2)8-11(9-13)14-12/h4,6-8,14H,2-3,5,9,13H2,1H3/b7-6-. The molecule has 0 aliphatic rings. The molecule has 1 heterocycles. The molecule has 1 aromatic heterocycles. The summed E-state index contributed by atoms with van der Waals surface area (Å²) in [6, 6.07) is 2.04. The Morgan fingerprint density at radius 2 is 2.36 bits per heavy atom. The Kier molecular flexibility index (Phi) is 4.20. The number of unbranched alkanes of at least 4 members (excludes halogenated alkanes) is 1. The summed E-state index contributed by atoms with van der Waals surface area (Å²) < 4.78 is 0. The van der Waals surface area contributed by atoms with Gasteiger partial charge in [-0.05, 0) is 24.1 Å². The number of nitrogens with one attached hydrogen (secondary N) is 1. The van der Waals surface area contributed by atoms with Crippen molar-refractivity contribution in [1.29, 1.82) is 0 Å². The largest absolute Gasteiger partial charge is 0.357 e. The number of nitrogens with two attached hydrogens (primary N) is 1. The van der Waals surface area contributed by atoms with E-state index in [1.165, 1.54) is 6.42 Å². The average molecular weight is 190 g/mol. The minimum atomic E-state index is 0.544. The molecule has 3 N–H and O–H groups in total. The van der Waals surface area contributed by atoms with Crippen LogP contribution in [0.1, 0.15) is 36.7 Å². The molecule has 0 bridgehead atoms. The summed E-state index contributed by atoms with van der Waals surface area (Å²) in [5.41, 5.74) is 8.83. The molecule has 0 aliphatic heterocycles. The third-order valence-electron chi connectivity index (χ3n) is 2.12. The predicted molar refractivity (Wildman–Crippen MR) is 62.7 cm³/mol. The van der Waals surface area contributed by atoms with Gasteiger partial charge in [-0.2, -0.15) is 0 Å². The number of hydrogen-bond donors (Lipinski definition) is 2. The number of H-pyrrole nitrogens is 1. The SMILES string of the molecule is C=Cc1cc(CN)[nH]c1/C=C\CCC. The second kappa shape index (κ2) is 5.45. The second-order valence-electron chi connectivity index (χ2n) is 3.26. The van der Waals surface area contributed by atoms with E-state index in [0.717, 1.165) is 23.4 Å². The van der Waals surface area contributed by atoms with Gasteiger partial charge in [0.2, 0.25) is 0 Å². The van der Waals surface area contributed by atoms with Crippen LogP contribution in [0.5, 0.6) is 0 Å². The van der Waals surface area contributed by atoms with Gasteiger partial charge in [-0.15, -0.1) is 0 Å². The molecule has 0 radical (unpaired) electrons. The molecule has 0 aliphatic carbocycles. The molecule has 2 nitrogen and oxygen atoms in total. The minimum absolute atomic E-state index is 0.544. The molecule has 2 heteroatoms. The van der Waals surface area contributed by atoms with Crippen LogP contribution < -0.4 is 5.73 Å². The van der Waals surface area contributed by atoms with E-state index in [4.69, 9.17) is 5.73 Å². The Bertz CT molecular complexity index is 321. The van der Waals surface area contributed by atoms with Crippen LogP contribution >= 0.6 is 0 Å². The van der Waals surface area contributed by atoms with Gasteiger partial charge in [0, 0.05) is 17.9 Å². The molecule has 0 atom stereocenters. The lowest BCUT2D eigenvalue weighted by Crippen LogP contribution is -1.95. The minimum Gasteiger partial charge on any atom is -0.357 e. The van der Waals surface area contributed by atoms with E-state index in [0.29, 0.717) is 6.54 Å². The highest BCUT2D eigenvalue weighted by atomic mass is 14.8. The van der Waals surface area contributed by atoms with Crippen molar-refractivity contribution in [3.05, 3.63) is 35.7 Å². The maximum Gasteiger partial charge on any atom is 0.0453 e. The first kappa shape index (κ1) is 10.8. The fraction of sp³-hybridized carbons (Fsp3) is 0.333. The van der Waals surface area contributed by atoms with Crippen molar-refractivity contribution in [3.63, 3.8) is 0 Å². The highest BCUT2D eigenvalue weighted by molar-refractivity contribution is 5.62. The highest BCUT2D eigenvalue weighted by Gasteiger charge is 2.00. The fourth-order valence-corrected chi connectivity index (χ4v) is 1.33. The molecule has 0 saturated heterocycles. The Labute approximate surface area is 85.5 Å². The van der Waals surface area contributed by atoms with Crippen LogP contribution in [-0.2, 0) is 6.54 Å². The number of rotatable bonds is 5. The molecule has 0 aromatic carbocycles. The molecule has 0 spiro atoms. The number of aromatic nitrogens is 1. The monoisotopic (exact) mass is 190 g/mol. The third kappa shape index (κ3) is 2.60. The maximum atomic E-state index is 5.55. The first-order valence-electron chi connectivity index (χ1n) is 5.02. The molecule has 0 fully saturated rings. The third-order valence-corrected chi connectivity index (χ3v) is 2.12. The Balaban J connectivity index is 2.83. The summed E-state index contributed by atoms with van der Waals surface area (Å²) >= 11 is 0. The van der Waals surface area contributed by atoms with Gasteiger partial charge in [0.15, 0.2) is 0 Å². The first-order valence-corrected chi connectivity index (χ1v) is 5.02. The Morgan fingerprint density at radius 3 is 2.93 bits per heavy atom. The van der Waals surface area contributed by atoms with Crippen molar-refractivity contribution in [2.75, 3.05) is 0 Å². The maximum absolute atomic E-state index is 5.55. The van der Waals surface area contributed by atoms with Crippen LogP contribution in [0.3, 0.4) is 0 Å². The molecule has 0 saturated carbocycles. The first-order chi connectivity index (χ1) is 6.81. The van der Waals surface area contributed by atoms with E-state index in [1.807, 2.05) is 12.1 Å². The van der Waals surface area contributed by atoms with E-state index >= 15 is 0 Å². The van der Waals surface area contributed by atoms with Crippen LogP contribution in [-0.4, -0.2) is 4.98 Å². The van der Waals surface area contributed by atoms with Crippen LogP contribution in [0, 0.1) is 0 Å². The van der Waals surface area contributed by atoms with E-state index < -0.39 is 0 Å². The van der Waals surface area contributed by atoms with E-state index in [2.05, 4.69) is 30.6 Å². The van der Waals surface area contributed by atoms with Gasteiger partial charge in [0.25, 0.3) is 0 Å². The number of aromatic amines is 1. The van der Waals surface area contributed by atoms with Crippen LogP contribution in [0.15, 0.2) is 18.7 Å². The van der Waals surface area contributed by atoms with Crippen LogP contribution in [0.2, 0.25) is 0 Å². The zero-order valence-electron chi connectivity index (χ0n) is 8.72.